The van der Waals surface area contributed by atoms with Crippen molar-refractivity contribution in [2.45, 2.75) is 17.4 Å². The van der Waals surface area contributed by atoms with Gasteiger partial charge in [-0.05, 0) is 48.9 Å². The van der Waals surface area contributed by atoms with Crippen molar-refractivity contribution in [3.8, 4) is 5.82 Å². The smallest absolute Gasteiger partial charge is 0.324 e. The molecule has 0 bridgehead atoms. The lowest BCUT2D eigenvalue weighted by molar-refractivity contribution is -0.135. The minimum absolute atomic E-state index is 0.118. The predicted octanol–water partition coefficient (Wildman–Crippen LogP) is 4.21. The van der Waals surface area contributed by atoms with E-state index in [1.165, 1.54) is 24.3 Å². The quantitative estimate of drug-likeness (QED) is 0.327. The Morgan fingerprint density at radius 3 is 2.57 bits per heavy atom. The molecule has 10 nitrogen and oxygen atoms in total. The second-order valence-corrected chi connectivity index (χ2v) is 11.1. The normalized spacial score (nSPS) is 15.7. The summed E-state index contributed by atoms with van der Waals surface area (Å²) in [6, 6.07) is 10.7. The first-order valence-electron chi connectivity index (χ1n) is 11.2. The van der Waals surface area contributed by atoms with Gasteiger partial charge in [0, 0.05) is 28.2 Å². The van der Waals surface area contributed by atoms with Crippen LogP contribution in [0.15, 0.2) is 66.0 Å². The number of sulfonamides is 1. The van der Waals surface area contributed by atoms with Crippen LogP contribution in [0.1, 0.15) is 6.42 Å². The molecule has 0 saturated carbocycles. The molecule has 4 aromatic rings. The second kappa shape index (κ2) is 10.2. The van der Waals surface area contributed by atoms with Crippen LogP contribution in [-0.4, -0.2) is 59.8 Å². The van der Waals surface area contributed by atoms with E-state index in [4.69, 9.17) is 27.9 Å². The van der Waals surface area contributed by atoms with Crippen molar-refractivity contribution < 1.29 is 23.1 Å². The maximum absolute atomic E-state index is 13.4. The third kappa shape index (κ3) is 5.35. The van der Waals surface area contributed by atoms with Crippen molar-refractivity contribution >= 4 is 61.6 Å². The summed E-state index contributed by atoms with van der Waals surface area (Å²) in [5.41, 5.74) is 0.912. The third-order valence-electron chi connectivity index (χ3n) is 5.83. The van der Waals surface area contributed by atoms with Gasteiger partial charge in [-0.25, -0.2) is 18.4 Å². The number of nitrogens with one attached hydrogen (secondary N) is 1. The number of anilines is 2. The molecule has 0 amide bonds. The van der Waals surface area contributed by atoms with Gasteiger partial charge in [0.2, 0.25) is 0 Å². The van der Waals surface area contributed by atoms with Crippen LogP contribution in [0.4, 0.5) is 11.5 Å². The number of fused-ring (bicyclic) bond motifs is 1. The van der Waals surface area contributed by atoms with Gasteiger partial charge in [0.25, 0.3) is 10.0 Å². The number of aliphatic carboxylic acids is 1. The number of carbonyl (C=O) groups is 1. The zero-order valence-corrected chi connectivity index (χ0v) is 21.5. The van der Waals surface area contributed by atoms with E-state index in [9.17, 15) is 18.3 Å². The largest absolute Gasteiger partial charge is 0.480 e. The highest BCUT2D eigenvalue weighted by Crippen LogP contribution is 2.31. The number of carboxylic acid groups (broad SMARTS) is 1. The van der Waals surface area contributed by atoms with Gasteiger partial charge in [0.05, 0.1) is 41.1 Å². The zero-order chi connectivity index (χ0) is 26.2. The van der Waals surface area contributed by atoms with Crippen LogP contribution >= 0.6 is 23.2 Å². The molecule has 2 N–H and O–H groups in total. The molecule has 1 aliphatic rings. The first-order chi connectivity index (χ1) is 17.7. The molecule has 0 aliphatic carbocycles. The number of ether oxygens (including phenoxy) is 1. The van der Waals surface area contributed by atoms with Crippen molar-refractivity contribution in [3.05, 3.63) is 71.1 Å². The van der Waals surface area contributed by atoms with E-state index in [2.05, 4.69) is 15.3 Å². The lowest BCUT2D eigenvalue weighted by atomic mass is 10.2. The SMILES string of the molecule is O=C(O)CN(c1ccc2c(ccn2-c2cnc(N[C@@H]3CCOC3)cn2)c1)S(=O)(=O)c1cc(Cl)cc(Cl)c1. The van der Waals surface area contributed by atoms with Crippen molar-refractivity contribution in [3.63, 3.8) is 0 Å². The maximum atomic E-state index is 13.4. The molecule has 0 unspecified atom stereocenters. The summed E-state index contributed by atoms with van der Waals surface area (Å²) in [6.07, 6.45) is 5.97. The van der Waals surface area contributed by atoms with Crippen molar-refractivity contribution in [1.29, 1.82) is 0 Å². The summed E-state index contributed by atoms with van der Waals surface area (Å²) in [6.45, 7) is 0.566. The predicted molar refractivity (Wildman–Crippen MR) is 140 cm³/mol. The zero-order valence-electron chi connectivity index (χ0n) is 19.2. The molecule has 2 aromatic carbocycles. The van der Waals surface area contributed by atoms with Gasteiger partial charge in [0.15, 0.2) is 5.82 Å². The number of hydrogen-bond donors (Lipinski definition) is 2. The fourth-order valence-electron chi connectivity index (χ4n) is 4.11. The molecule has 0 spiro atoms. The Kier molecular flexibility index (Phi) is 6.95. The second-order valence-electron chi connectivity index (χ2n) is 8.40. The van der Waals surface area contributed by atoms with Crippen LogP contribution in [0, 0.1) is 0 Å². The fourth-order valence-corrected chi connectivity index (χ4v) is 6.24. The van der Waals surface area contributed by atoms with E-state index in [0.29, 0.717) is 23.6 Å². The molecular weight excluding hydrogens is 541 g/mol. The number of rotatable bonds is 8. The van der Waals surface area contributed by atoms with Crippen LogP contribution in [0.2, 0.25) is 10.0 Å². The summed E-state index contributed by atoms with van der Waals surface area (Å²) >= 11 is 12.0. The van der Waals surface area contributed by atoms with Gasteiger partial charge in [-0.2, -0.15) is 0 Å². The van der Waals surface area contributed by atoms with E-state index in [1.807, 2.05) is 0 Å². The highest BCUT2D eigenvalue weighted by atomic mass is 35.5. The van der Waals surface area contributed by atoms with Gasteiger partial charge in [-0.1, -0.05) is 23.2 Å². The molecule has 1 saturated heterocycles. The van der Waals surface area contributed by atoms with Crippen LogP contribution in [0.3, 0.4) is 0 Å². The summed E-state index contributed by atoms with van der Waals surface area (Å²) < 4.78 is 34.8. The maximum Gasteiger partial charge on any atom is 0.324 e. The number of carboxylic acids is 1. The molecule has 0 radical (unpaired) electrons. The van der Waals surface area contributed by atoms with E-state index in [-0.39, 0.29) is 26.7 Å². The molecule has 192 valence electrons. The van der Waals surface area contributed by atoms with Gasteiger partial charge in [0.1, 0.15) is 12.4 Å². The average molecular weight is 562 g/mol. The Morgan fingerprint density at radius 2 is 1.92 bits per heavy atom. The Balaban J connectivity index is 1.47. The van der Waals surface area contributed by atoms with Gasteiger partial charge < -0.3 is 15.2 Å². The summed E-state index contributed by atoms with van der Waals surface area (Å²) in [5, 5.41) is 13.7. The summed E-state index contributed by atoms with van der Waals surface area (Å²) in [7, 11) is -4.28. The first kappa shape index (κ1) is 25.3. The van der Waals surface area contributed by atoms with E-state index in [1.54, 1.807) is 41.4 Å². The Bertz CT molecular complexity index is 1550. The number of halogens is 2. The summed E-state index contributed by atoms with van der Waals surface area (Å²) in [4.78, 5) is 20.3. The van der Waals surface area contributed by atoms with Crippen molar-refractivity contribution in [1.82, 2.24) is 14.5 Å². The van der Waals surface area contributed by atoms with Gasteiger partial charge in [-0.3, -0.25) is 13.7 Å². The van der Waals surface area contributed by atoms with Crippen LogP contribution in [-0.2, 0) is 19.6 Å². The van der Waals surface area contributed by atoms with E-state index >= 15 is 0 Å². The third-order valence-corrected chi connectivity index (χ3v) is 8.02. The molecule has 37 heavy (non-hydrogen) atoms. The van der Waals surface area contributed by atoms with E-state index < -0.39 is 22.5 Å². The van der Waals surface area contributed by atoms with Gasteiger partial charge in [-0.15, -0.1) is 0 Å². The lowest BCUT2D eigenvalue weighted by Gasteiger charge is -2.23. The molecule has 5 rings (SSSR count). The molecule has 1 atom stereocenters. The Hall–Kier alpha value is -3.38. The van der Waals surface area contributed by atoms with E-state index in [0.717, 1.165) is 22.8 Å². The molecule has 13 heteroatoms. The average Bonchev–Trinajstić information content (AvgIpc) is 3.52. The molecule has 1 aliphatic heterocycles. The molecule has 2 aromatic heterocycles. The topological polar surface area (TPSA) is 127 Å². The van der Waals surface area contributed by atoms with Crippen LogP contribution in [0.25, 0.3) is 16.7 Å². The molecular formula is C24H21Cl2N5O5S. The fraction of sp³-hybridized carbons (Fsp3) is 0.208. The highest BCUT2D eigenvalue weighted by molar-refractivity contribution is 7.92. The first-order valence-corrected chi connectivity index (χ1v) is 13.4. The lowest BCUT2D eigenvalue weighted by Crippen LogP contribution is -2.35. The number of aromatic nitrogens is 3. The van der Waals surface area contributed by atoms with Gasteiger partial charge >= 0.3 is 5.97 Å². The molecule has 1 fully saturated rings. The highest BCUT2D eigenvalue weighted by Gasteiger charge is 2.28. The minimum atomic E-state index is -4.28. The van der Waals surface area contributed by atoms with Crippen LogP contribution < -0.4 is 9.62 Å². The Labute approximate surface area is 222 Å². The standard InChI is InChI=1S/C24H21Cl2N5O5S/c25-16-8-17(26)10-20(9-16)37(34,35)31(13-24(32)33)19-1-2-21-15(7-19)3-5-30(21)23-12-27-22(11-28-23)29-18-4-6-36-14-18/h1-3,5,7-12,18H,4,6,13-14H2,(H,27,29)(H,32,33)/t18-/m1/s1. The number of nitrogens with zero attached hydrogens (tertiary/aromatic N) is 4. The molecule has 3 heterocycles. The minimum Gasteiger partial charge on any atom is -0.480 e. The summed E-state index contributed by atoms with van der Waals surface area (Å²) in [5.74, 6) is -0.101. The Morgan fingerprint density at radius 1 is 1.14 bits per heavy atom. The number of benzene rings is 2. The van der Waals surface area contributed by atoms with Crippen molar-refractivity contribution in [2.24, 2.45) is 0 Å². The van der Waals surface area contributed by atoms with Crippen molar-refractivity contribution in [2.75, 3.05) is 29.4 Å². The number of hydrogen-bond acceptors (Lipinski definition) is 7. The monoisotopic (exact) mass is 561 g/mol. The van der Waals surface area contributed by atoms with Crippen LogP contribution in [0.5, 0.6) is 0 Å².